The highest BCUT2D eigenvalue weighted by Gasteiger charge is 2.24. The molecule has 2 heterocycles. The van der Waals surface area contributed by atoms with Crippen LogP contribution in [-0.2, 0) is 0 Å². The zero-order valence-corrected chi connectivity index (χ0v) is 16.4. The van der Waals surface area contributed by atoms with Gasteiger partial charge in [0.25, 0.3) is 0 Å². The molecule has 0 spiro atoms. The molecule has 1 N–H and O–H groups in total. The lowest BCUT2D eigenvalue weighted by Crippen LogP contribution is -2.06. The first-order chi connectivity index (χ1) is 12.5. The molecule has 0 bridgehead atoms. The Morgan fingerprint density at radius 2 is 1.81 bits per heavy atom. The molecule has 3 rings (SSSR count). The van der Waals surface area contributed by atoms with Crippen molar-refractivity contribution in [3.63, 3.8) is 0 Å². The lowest BCUT2D eigenvalue weighted by atomic mass is 10.1. The molecule has 0 fully saturated rings. The minimum Gasteiger partial charge on any atom is -0.493 e. The van der Waals surface area contributed by atoms with Crippen LogP contribution in [0.1, 0.15) is 37.6 Å². The van der Waals surface area contributed by atoms with E-state index in [0.717, 1.165) is 40.2 Å². The summed E-state index contributed by atoms with van der Waals surface area (Å²) >= 11 is 0. The van der Waals surface area contributed by atoms with E-state index in [1.165, 1.54) is 0 Å². The van der Waals surface area contributed by atoms with Gasteiger partial charge in [0.15, 0.2) is 17.1 Å². The summed E-state index contributed by atoms with van der Waals surface area (Å²) in [6, 6.07) is 2.20. The molecular formula is C19H26N4O3. The number of benzene rings is 1. The Morgan fingerprint density at radius 1 is 1.12 bits per heavy atom. The molecule has 0 amide bonds. The van der Waals surface area contributed by atoms with Crippen molar-refractivity contribution in [2.45, 2.75) is 40.2 Å². The number of hydrogen-bond donors (Lipinski definition) is 1. The fraction of sp³-hybridized carbons (Fsp3) is 0.474. The van der Waals surface area contributed by atoms with E-state index in [-0.39, 0.29) is 6.04 Å². The molecule has 0 aliphatic rings. The van der Waals surface area contributed by atoms with Crippen LogP contribution in [0.3, 0.4) is 0 Å². The third-order valence-corrected chi connectivity index (χ3v) is 4.79. The van der Waals surface area contributed by atoms with Crippen molar-refractivity contribution >= 4 is 11.2 Å². The summed E-state index contributed by atoms with van der Waals surface area (Å²) in [4.78, 5) is 8.25. The molecule has 26 heavy (non-hydrogen) atoms. The number of aryl methyl sites for hydroxylation is 2. The number of aromatic nitrogens is 4. The number of nitrogens with one attached hydrogen (secondary N) is 1. The maximum absolute atomic E-state index is 5.66. The maximum atomic E-state index is 5.66. The zero-order valence-electron chi connectivity index (χ0n) is 16.4. The topological polar surface area (TPSA) is 74.2 Å². The van der Waals surface area contributed by atoms with Gasteiger partial charge in [0.05, 0.1) is 38.6 Å². The average Bonchev–Trinajstić information content (AvgIpc) is 3.20. The van der Waals surface area contributed by atoms with Crippen LogP contribution in [0, 0.1) is 13.8 Å². The van der Waals surface area contributed by atoms with Crippen molar-refractivity contribution in [1.82, 2.24) is 19.7 Å². The summed E-state index contributed by atoms with van der Waals surface area (Å²) in [5.41, 5.74) is 4.56. The molecule has 0 aliphatic carbocycles. The van der Waals surface area contributed by atoms with E-state index in [1.54, 1.807) is 21.3 Å². The summed E-state index contributed by atoms with van der Waals surface area (Å²) in [7, 11) is 4.83. The minimum absolute atomic E-state index is 0.274. The Bertz CT molecular complexity index is 942. The SMILES string of the molecule is CC[C@H](C)n1nc(C)c2[nH]c(-c3c(C)cc(OC)c(OC)c3OC)nc21. The van der Waals surface area contributed by atoms with Gasteiger partial charge in [-0.2, -0.15) is 5.10 Å². The fourth-order valence-electron chi connectivity index (χ4n) is 3.21. The van der Waals surface area contributed by atoms with E-state index in [4.69, 9.17) is 19.2 Å². The summed E-state index contributed by atoms with van der Waals surface area (Å²) in [6.07, 6.45) is 0.983. The highest BCUT2D eigenvalue weighted by atomic mass is 16.5. The first kappa shape index (κ1) is 18.1. The summed E-state index contributed by atoms with van der Waals surface area (Å²) < 4.78 is 18.6. The predicted octanol–water partition coefficient (Wildman–Crippen LogP) is 4.04. The van der Waals surface area contributed by atoms with Crippen LogP contribution in [0.5, 0.6) is 17.2 Å². The summed E-state index contributed by atoms with van der Waals surface area (Å²) in [5.74, 6) is 2.51. The molecule has 7 heteroatoms. The quantitative estimate of drug-likeness (QED) is 0.720. The van der Waals surface area contributed by atoms with Gasteiger partial charge >= 0.3 is 0 Å². The van der Waals surface area contributed by atoms with Crippen LogP contribution in [0.25, 0.3) is 22.6 Å². The van der Waals surface area contributed by atoms with Gasteiger partial charge < -0.3 is 19.2 Å². The van der Waals surface area contributed by atoms with Gasteiger partial charge in [-0.3, -0.25) is 0 Å². The smallest absolute Gasteiger partial charge is 0.204 e. The second kappa shape index (κ2) is 6.90. The molecule has 0 aliphatic heterocycles. The van der Waals surface area contributed by atoms with Crippen LogP contribution < -0.4 is 14.2 Å². The zero-order chi connectivity index (χ0) is 19.0. The van der Waals surface area contributed by atoms with Gasteiger partial charge in [0.2, 0.25) is 5.75 Å². The molecule has 3 aromatic rings. The van der Waals surface area contributed by atoms with E-state index in [0.29, 0.717) is 17.2 Å². The fourth-order valence-corrected chi connectivity index (χ4v) is 3.21. The van der Waals surface area contributed by atoms with Crippen molar-refractivity contribution < 1.29 is 14.2 Å². The van der Waals surface area contributed by atoms with Crippen molar-refractivity contribution in [2.24, 2.45) is 0 Å². The van der Waals surface area contributed by atoms with Gasteiger partial charge in [0.1, 0.15) is 11.3 Å². The summed E-state index contributed by atoms with van der Waals surface area (Å²) in [6.45, 7) is 8.27. The lowest BCUT2D eigenvalue weighted by Gasteiger charge is -2.17. The number of aromatic amines is 1. The van der Waals surface area contributed by atoms with E-state index < -0.39 is 0 Å². The Kier molecular flexibility index (Phi) is 4.80. The Morgan fingerprint density at radius 3 is 2.38 bits per heavy atom. The van der Waals surface area contributed by atoms with Gasteiger partial charge in [-0.25, -0.2) is 9.67 Å². The molecule has 0 saturated heterocycles. The number of methoxy groups -OCH3 is 3. The molecule has 2 aromatic heterocycles. The second-order valence-corrected chi connectivity index (χ2v) is 6.41. The van der Waals surface area contributed by atoms with E-state index >= 15 is 0 Å². The predicted molar refractivity (Wildman–Crippen MR) is 101 cm³/mol. The van der Waals surface area contributed by atoms with E-state index in [2.05, 4.69) is 23.9 Å². The van der Waals surface area contributed by atoms with Crippen LogP contribution in [0.4, 0.5) is 0 Å². The van der Waals surface area contributed by atoms with Gasteiger partial charge in [0, 0.05) is 0 Å². The highest BCUT2D eigenvalue weighted by molar-refractivity contribution is 5.83. The van der Waals surface area contributed by atoms with E-state index in [1.807, 2.05) is 24.6 Å². The molecule has 7 nitrogen and oxygen atoms in total. The highest BCUT2D eigenvalue weighted by Crippen LogP contribution is 2.46. The minimum atomic E-state index is 0.274. The molecule has 0 radical (unpaired) electrons. The molecule has 1 atom stereocenters. The van der Waals surface area contributed by atoms with Crippen molar-refractivity contribution in [3.8, 4) is 28.6 Å². The van der Waals surface area contributed by atoms with Crippen LogP contribution in [0.2, 0.25) is 0 Å². The molecule has 1 aromatic carbocycles. The summed E-state index contributed by atoms with van der Waals surface area (Å²) in [5, 5.41) is 4.63. The van der Waals surface area contributed by atoms with Crippen LogP contribution in [-0.4, -0.2) is 41.1 Å². The molecule has 140 valence electrons. The number of H-pyrrole nitrogens is 1. The Hall–Kier alpha value is -2.70. The van der Waals surface area contributed by atoms with E-state index in [9.17, 15) is 0 Å². The number of rotatable bonds is 6. The molecule has 0 saturated carbocycles. The molecular weight excluding hydrogens is 332 g/mol. The van der Waals surface area contributed by atoms with Crippen LogP contribution >= 0.6 is 0 Å². The third kappa shape index (κ3) is 2.67. The number of ether oxygens (including phenoxy) is 3. The number of nitrogens with zero attached hydrogens (tertiary/aromatic N) is 3. The monoisotopic (exact) mass is 358 g/mol. The van der Waals surface area contributed by atoms with Crippen LogP contribution in [0.15, 0.2) is 6.07 Å². The van der Waals surface area contributed by atoms with Gasteiger partial charge in [-0.15, -0.1) is 0 Å². The maximum Gasteiger partial charge on any atom is 0.204 e. The third-order valence-electron chi connectivity index (χ3n) is 4.79. The molecule has 0 unspecified atom stereocenters. The average molecular weight is 358 g/mol. The lowest BCUT2D eigenvalue weighted by molar-refractivity contribution is 0.325. The Balaban J connectivity index is 2.27. The normalized spacial score (nSPS) is 12.4. The largest absolute Gasteiger partial charge is 0.493 e. The first-order valence-corrected chi connectivity index (χ1v) is 8.71. The number of imidazole rings is 1. The Labute approximate surface area is 153 Å². The van der Waals surface area contributed by atoms with Crippen molar-refractivity contribution in [3.05, 3.63) is 17.3 Å². The van der Waals surface area contributed by atoms with Gasteiger partial charge in [-0.05, 0) is 38.8 Å². The second-order valence-electron chi connectivity index (χ2n) is 6.41. The van der Waals surface area contributed by atoms with Crippen molar-refractivity contribution in [2.75, 3.05) is 21.3 Å². The van der Waals surface area contributed by atoms with Gasteiger partial charge in [-0.1, -0.05) is 6.92 Å². The number of fused-ring (bicyclic) bond motifs is 1. The standard InChI is InChI=1S/C19H26N4O3/c1-8-11(3)23-19-15(12(4)22-23)20-18(21-19)14-10(2)9-13(24-5)16(25-6)17(14)26-7/h9,11H,8H2,1-7H3,(H,20,21)/t11-/m0/s1. The van der Waals surface area contributed by atoms with Crippen molar-refractivity contribution in [1.29, 1.82) is 0 Å². The number of hydrogen-bond acceptors (Lipinski definition) is 5. The first-order valence-electron chi connectivity index (χ1n) is 8.71.